The maximum Gasteiger partial charge on any atom is 0.331 e. The van der Waals surface area contributed by atoms with Gasteiger partial charge in [-0.05, 0) is 25.7 Å². The van der Waals surface area contributed by atoms with Gasteiger partial charge in [0.25, 0.3) is 0 Å². The highest BCUT2D eigenvalue weighted by Crippen LogP contribution is 2.51. The molecule has 90 valence electrons. The van der Waals surface area contributed by atoms with Crippen molar-refractivity contribution in [2.45, 2.75) is 20.8 Å². The summed E-state index contributed by atoms with van der Waals surface area (Å²) in [6, 6.07) is 0. The Morgan fingerprint density at radius 2 is 1.87 bits per heavy atom. The molecular weight excluding hydrogens is 215 g/mol. The van der Waals surface area contributed by atoms with E-state index in [1.165, 1.54) is 0 Å². The molecule has 2 atom stereocenters. The molecule has 1 heterocycles. The number of hydrogen-bond donors (Lipinski definition) is 0. The smallest absolute Gasteiger partial charge is 0.331 e. The molecule has 1 rings (SSSR count). The number of ether oxygens (including phenoxy) is 1. The SMILES string of the molecule is CCOP(=O)(CC1COCC1C)OCC. The summed E-state index contributed by atoms with van der Waals surface area (Å²) in [5.74, 6) is 0.744. The summed E-state index contributed by atoms with van der Waals surface area (Å²) in [6.07, 6.45) is 0.482. The largest absolute Gasteiger partial charge is 0.381 e. The molecule has 0 aliphatic carbocycles. The van der Waals surface area contributed by atoms with Gasteiger partial charge in [-0.2, -0.15) is 0 Å². The molecule has 1 aliphatic rings. The summed E-state index contributed by atoms with van der Waals surface area (Å²) in [5, 5.41) is 0. The molecule has 0 aromatic rings. The van der Waals surface area contributed by atoms with Gasteiger partial charge in [-0.3, -0.25) is 4.57 Å². The van der Waals surface area contributed by atoms with E-state index in [1.807, 2.05) is 13.8 Å². The highest BCUT2D eigenvalue weighted by Gasteiger charge is 2.34. The Morgan fingerprint density at radius 1 is 1.27 bits per heavy atom. The van der Waals surface area contributed by atoms with E-state index in [0.29, 0.717) is 37.8 Å². The van der Waals surface area contributed by atoms with Gasteiger partial charge < -0.3 is 13.8 Å². The molecule has 0 aromatic carbocycles. The summed E-state index contributed by atoms with van der Waals surface area (Å²) in [4.78, 5) is 0. The van der Waals surface area contributed by atoms with Gasteiger partial charge in [-0.1, -0.05) is 6.92 Å². The lowest BCUT2D eigenvalue weighted by atomic mass is 10.0. The minimum atomic E-state index is -2.89. The van der Waals surface area contributed by atoms with Crippen LogP contribution in [-0.4, -0.2) is 32.6 Å². The van der Waals surface area contributed by atoms with E-state index >= 15 is 0 Å². The van der Waals surface area contributed by atoms with Gasteiger partial charge in [0, 0.05) is 6.61 Å². The van der Waals surface area contributed by atoms with Crippen LogP contribution in [0.3, 0.4) is 0 Å². The molecule has 4 nitrogen and oxygen atoms in total. The maximum atomic E-state index is 12.2. The van der Waals surface area contributed by atoms with Gasteiger partial charge >= 0.3 is 7.60 Å². The first kappa shape index (κ1) is 13.2. The molecular formula is C10H21O4P. The van der Waals surface area contributed by atoms with Crippen LogP contribution in [-0.2, 0) is 18.3 Å². The second-order valence-electron chi connectivity index (χ2n) is 3.90. The molecule has 0 aromatic heterocycles. The predicted molar refractivity (Wildman–Crippen MR) is 59.2 cm³/mol. The molecule has 5 heteroatoms. The zero-order valence-electron chi connectivity index (χ0n) is 9.77. The van der Waals surface area contributed by atoms with Crippen LogP contribution >= 0.6 is 7.60 Å². The standard InChI is InChI=1S/C10H21O4P/c1-4-13-15(11,14-5-2)8-10-7-12-6-9(10)3/h9-10H,4-8H2,1-3H3. The van der Waals surface area contributed by atoms with Crippen molar-refractivity contribution in [2.24, 2.45) is 11.8 Å². The highest BCUT2D eigenvalue weighted by molar-refractivity contribution is 7.53. The Morgan fingerprint density at radius 3 is 2.27 bits per heavy atom. The normalized spacial score (nSPS) is 27.1. The van der Waals surface area contributed by atoms with Gasteiger partial charge in [0.1, 0.15) is 0 Å². The van der Waals surface area contributed by atoms with Crippen molar-refractivity contribution in [1.29, 1.82) is 0 Å². The van der Waals surface area contributed by atoms with Gasteiger partial charge in [0.05, 0.1) is 26.0 Å². The van der Waals surface area contributed by atoms with Gasteiger partial charge in [-0.15, -0.1) is 0 Å². The molecule has 1 aliphatic heterocycles. The molecule has 15 heavy (non-hydrogen) atoms. The lowest BCUT2D eigenvalue weighted by Crippen LogP contribution is -2.16. The van der Waals surface area contributed by atoms with Gasteiger partial charge in [-0.25, -0.2) is 0 Å². The molecule has 2 unspecified atom stereocenters. The molecule has 1 saturated heterocycles. The monoisotopic (exact) mass is 236 g/mol. The zero-order chi connectivity index (χ0) is 11.3. The first-order valence-corrected chi connectivity index (χ1v) is 7.30. The van der Waals surface area contributed by atoms with E-state index < -0.39 is 7.60 Å². The average molecular weight is 236 g/mol. The van der Waals surface area contributed by atoms with Crippen molar-refractivity contribution < 1.29 is 18.3 Å². The maximum absolute atomic E-state index is 12.2. The number of hydrogen-bond acceptors (Lipinski definition) is 4. The fourth-order valence-corrected chi connectivity index (χ4v) is 3.87. The van der Waals surface area contributed by atoms with Crippen molar-refractivity contribution in [3.8, 4) is 0 Å². The quantitative estimate of drug-likeness (QED) is 0.665. The first-order valence-electron chi connectivity index (χ1n) is 5.57. The van der Waals surface area contributed by atoms with Crippen LogP contribution in [0.25, 0.3) is 0 Å². The summed E-state index contributed by atoms with van der Waals surface area (Å²) >= 11 is 0. The Labute approximate surface area is 91.8 Å². The average Bonchev–Trinajstić information content (AvgIpc) is 2.52. The van der Waals surface area contributed by atoms with Crippen LogP contribution < -0.4 is 0 Å². The third-order valence-electron chi connectivity index (χ3n) is 2.63. The van der Waals surface area contributed by atoms with Crippen molar-refractivity contribution in [1.82, 2.24) is 0 Å². The summed E-state index contributed by atoms with van der Waals surface area (Å²) < 4.78 is 28.1. The van der Waals surface area contributed by atoms with Crippen LogP contribution in [0.4, 0.5) is 0 Å². The third-order valence-corrected chi connectivity index (χ3v) is 4.85. The predicted octanol–water partition coefficient (Wildman–Crippen LogP) is 2.54. The number of rotatable bonds is 6. The topological polar surface area (TPSA) is 44.8 Å². The zero-order valence-corrected chi connectivity index (χ0v) is 10.7. The second-order valence-corrected chi connectivity index (χ2v) is 6.01. The van der Waals surface area contributed by atoms with Crippen molar-refractivity contribution >= 4 is 7.60 Å². The fraction of sp³-hybridized carbons (Fsp3) is 1.00. The minimum absolute atomic E-state index is 0.300. The van der Waals surface area contributed by atoms with Crippen LogP contribution in [0.15, 0.2) is 0 Å². The molecule has 0 spiro atoms. The Bertz CT molecular complexity index is 221. The van der Waals surface area contributed by atoms with Crippen LogP contribution in [0.5, 0.6) is 0 Å². The highest BCUT2D eigenvalue weighted by atomic mass is 31.2. The Hall–Kier alpha value is 0.110. The van der Waals surface area contributed by atoms with Crippen LogP contribution in [0.2, 0.25) is 0 Å². The van der Waals surface area contributed by atoms with Crippen LogP contribution in [0, 0.1) is 11.8 Å². The fourth-order valence-electron chi connectivity index (χ4n) is 1.76. The molecule has 0 radical (unpaired) electrons. The van der Waals surface area contributed by atoms with Crippen molar-refractivity contribution in [2.75, 3.05) is 32.6 Å². The molecule has 0 N–H and O–H groups in total. The lowest BCUT2D eigenvalue weighted by Gasteiger charge is -2.21. The third kappa shape index (κ3) is 3.87. The summed E-state index contributed by atoms with van der Waals surface area (Å²) in [5.41, 5.74) is 0. The van der Waals surface area contributed by atoms with Gasteiger partial charge in [0.15, 0.2) is 0 Å². The van der Waals surface area contributed by atoms with E-state index in [-0.39, 0.29) is 0 Å². The Kier molecular flexibility index (Phi) is 5.27. The van der Waals surface area contributed by atoms with Crippen molar-refractivity contribution in [3.05, 3.63) is 0 Å². The van der Waals surface area contributed by atoms with Gasteiger partial charge in [0.2, 0.25) is 0 Å². The van der Waals surface area contributed by atoms with E-state index in [0.717, 1.165) is 6.61 Å². The minimum Gasteiger partial charge on any atom is -0.381 e. The van der Waals surface area contributed by atoms with Crippen molar-refractivity contribution in [3.63, 3.8) is 0 Å². The first-order chi connectivity index (χ1) is 7.11. The molecule has 0 amide bonds. The summed E-state index contributed by atoms with van der Waals surface area (Å²) in [6.45, 7) is 8.06. The summed E-state index contributed by atoms with van der Waals surface area (Å²) in [7, 11) is -2.89. The van der Waals surface area contributed by atoms with E-state index in [2.05, 4.69) is 6.92 Å². The van der Waals surface area contributed by atoms with Crippen LogP contribution in [0.1, 0.15) is 20.8 Å². The molecule has 0 saturated carbocycles. The van der Waals surface area contributed by atoms with E-state index in [1.54, 1.807) is 0 Å². The molecule has 1 fully saturated rings. The van der Waals surface area contributed by atoms with E-state index in [4.69, 9.17) is 13.8 Å². The second kappa shape index (κ2) is 6.00. The lowest BCUT2D eigenvalue weighted by molar-refractivity contribution is 0.180. The Balaban J connectivity index is 2.53. The van der Waals surface area contributed by atoms with E-state index in [9.17, 15) is 4.57 Å². The molecule has 0 bridgehead atoms.